The molecule has 2 atom stereocenters. The van der Waals surface area contributed by atoms with Crippen LogP contribution in [0.25, 0.3) is 0 Å². The Kier molecular flexibility index (Phi) is 6.62. The lowest BCUT2D eigenvalue weighted by molar-refractivity contribution is 0.414. The fraction of sp³-hybridized carbons (Fsp3) is 0.333. The van der Waals surface area contributed by atoms with E-state index in [0.717, 1.165) is 22.4 Å². The van der Waals surface area contributed by atoms with Gasteiger partial charge in [-0.2, -0.15) is 0 Å². The summed E-state index contributed by atoms with van der Waals surface area (Å²) in [5, 5.41) is 0. The highest BCUT2D eigenvalue weighted by Gasteiger charge is 2.25. The van der Waals surface area contributed by atoms with Crippen molar-refractivity contribution in [3.63, 3.8) is 0 Å². The molecule has 0 radical (unpaired) electrons. The second kappa shape index (κ2) is 8.52. The highest BCUT2D eigenvalue weighted by Crippen LogP contribution is 2.21. The van der Waals surface area contributed by atoms with Gasteiger partial charge in [0.2, 0.25) is 10.0 Å². The molecular weight excluding hydrogens is 346 g/mol. The summed E-state index contributed by atoms with van der Waals surface area (Å²) < 4.78 is 33.7. The van der Waals surface area contributed by atoms with Gasteiger partial charge in [-0.3, -0.25) is 0 Å². The maximum absolute atomic E-state index is 12.8. The Labute approximate surface area is 157 Å². The van der Waals surface area contributed by atoms with E-state index in [1.54, 1.807) is 31.4 Å². The molecule has 26 heavy (non-hydrogen) atoms. The van der Waals surface area contributed by atoms with Crippen molar-refractivity contribution in [3.8, 4) is 5.75 Å². The zero-order chi connectivity index (χ0) is 19.3. The van der Waals surface area contributed by atoms with Crippen molar-refractivity contribution in [2.24, 2.45) is 5.92 Å². The standard InChI is InChI=1S/C21H27NO3S/c1-15(2)17(4)21(14-18-8-10-19(25-5)11-9-18)22-26(23,24)20-12-6-16(3)7-13-20/h6-13,17,21-22H,1,14H2,2-5H3/t17-,21+/m0/s1. The van der Waals surface area contributed by atoms with E-state index in [2.05, 4.69) is 11.3 Å². The quantitative estimate of drug-likeness (QED) is 0.709. The summed E-state index contributed by atoms with van der Waals surface area (Å²) in [6.45, 7) is 9.85. The molecule has 0 aromatic heterocycles. The molecule has 2 rings (SSSR count). The number of methoxy groups -OCH3 is 1. The summed E-state index contributed by atoms with van der Waals surface area (Å²) in [5.41, 5.74) is 3.00. The van der Waals surface area contributed by atoms with Crippen LogP contribution in [-0.4, -0.2) is 21.6 Å². The van der Waals surface area contributed by atoms with Crippen molar-refractivity contribution in [1.82, 2.24) is 4.72 Å². The molecule has 4 nitrogen and oxygen atoms in total. The van der Waals surface area contributed by atoms with Crippen molar-refractivity contribution < 1.29 is 13.2 Å². The monoisotopic (exact) mass is 373 g/mol. The van der Waals surface area contributed by atoms with Crippen LogP contribution < -0.4 is 9.46 Å². The van der Waals surface area contributed by atoms with Gasteiger partial charge in [0.15, 0.2) is 0 Å². The van der Waals surface area contributed by atoms with Gasteiger partial charge in [-0.15, -0.1) is 0 Å². The molecule has 0 unspecified atom stereocenters. The largest absolute Gasteiger partial charge is 0.497 e. The molecule has 0 bridgehead atoms. The highest BCUT2D eigenvalue weighted by atomic mass is 32.2. The van der Waals surface area contributed by atoms with Gasteiger partial charge in [0.05, 0.1) is 12.0 Å². The number of ether oxygens (including phenoxy) is 1. The molecule has 0 fully saturated rings. The SMILES string of the molecule is C=C(C)[C@H](C)[C@@H](Cc1ccc(OC)cc1)NS(=O)(=O)c1ccc(C)cc1. The fourth-order valence-electron chi connectivity index (χ4n) is 2.66. The first kappa shape index (κ1) is 20.2. The Hall–Kier alpha value is -2.11. The van der Waals surface area contributed by atoms with Crippen molar-refractivity contribution in [2.45, 2.75) is 38.1 Å². The van der Waals surface area contributed by atoms with E-state index in [1.807, 2.05) is 45.0 Å². The van der Waals surface area contributed by atoms with Gasteiger partial charge < -0.3 is 4.74 Å². The molecule has 140 valence electrons. The molecule has 2 aromatic rings. The minimum Gasteiger partial charge on any atom is -0.497 e. The molecule has 0 spiro atoms. The number of rotatable bonds is 8. The van der Waals surface area contributed by atoms with Gasteiger partial charge in [0.1, 0.15) is 5.75 Å². The van der Waals surface area contributed by atoms with Gasteiger partial charge in [-0.25, -0.2) is 13.1 Å². The van der Waals surface area contributed by atoms with Crippen molar-refractivity contribution in [3.05, 3.63) is 71.8 Å². The number of hydrogen-bond acceptors (Lipinski definition) is 3. The van der Waals surface area contributed by atoms with Crippen LogP contribution in [0, 0.1) is 12.8 Å². The summed E-state index contributed by atoms with van der Waals surface area (Å²) in [6.07, 6.45) is 0.573. The Morgan fingerprint density at radius 2 is 1.69 bits per heavy atom. The maximum Gasteiger partial charge on any atom is 0.240 e. The predicted octanol–water partition coefficient (Wildman–Crippen LogP) is 4.11. The lowest BCUT2D eigenvalue weighted by atomic mass is 9.91. The molecule has 0 saturated carbocycles. The average Bonchev–Trinajstić information content (AvgIpc) is 2.61. The molecule has 2 aromatic carbocycles. The van der Waals surface area contributed by atoms with Gasteiger partial charge in [0, 0.05) is 6.04 Å². The number of nitrogens with one attached hydrogen (secondary N) is 1. The topological polar surface area (TPSA) is 55.4 Å². The normalized spacial score (nSPS) is 13.8. The number of benzene rings is 2. The lowest BCUT2D eigenvalue weighted by Gasteiger charge is -2.26. The summed E-state index contributed by atoms with van der Waals surface area (Å²) >= 11 is 0. The zero-order valence-electron chi connectivity index (χ0n) is 15.8. The first-order valence-corrected chi connectivity index (χ1v) is 10.1. The maximum atomic E-state index is 12.8. The van der Waals surface area contributed by atoms with Gasteiger partial charge in [-0.05, 0) is 56.0 Å². The van der Waals surface area contributed by atoms with E-state index in [1.165, 1.54) is 0 Å². The molecule has 0 amide bonds. The van der Waals surface area contributed by atoms with Gasteiger partial charge in [-0.1, -0.05) is 48.9 Å². The number of hydrogen-bond donors (Lipinski definition) is 1. The third kappa shape index (κ3) is 5.19. The predicted molar refractivity (Wildman–Crippen MR) is 106 cm³/mol. The molecular formula is C21H27NO3S. The van der Waals surface area contributed by atoms with E-state index in [-0.39, 0.29) is 16.9 Å². The van der Waals surface area contributed by atoms with Crippen LogP contribution in [0.5, 0.6) is 5.75 Å². The smallest absolute Gasteiger partial charge is 0.240 e. The molecule has 0 heterocycles. The van der Waals surface area contributed by atoms with Crippen LogP contribution in [0.2, 0.25) is 0 Å². The van der Waals surface area contributed by atoms with E-state index < -0.39 is 10.0 Å². The van der Waals surface area contributed by atoms with E-state index in [4.69, 9.17) is 4.74 Å². The zero-order valence-corrected chi connectivity index (χ0v) is 16.6. The Bertz CT molecular complexity index is 840. The molecule has 5 heteroatoms. The van der Waals surface area contributed by atoms with Crippen molar-refractivity contribution in [2.75, 3.05) is 7.11 Å². The van der Waals surface area contributed by atoms with Crippen LogP contribution >= 0.6 is 0 Å². The molecule has 0 aliphatic carbocycles. The lowest BCUT2D eigenvalue weighted by Crippen LogP contribution is -2.41. The summed E-state index contributed by atoms with van der Waals surface area (Å²) in [4.78, 5) is 0.275. The fourth-order valence-corrected chi connectivity index (χ4v) is 3.98. The third-order valence-corrected chi connectivity index (χ3v) is 6.14. The minimum absolute atomic E-state index is 0.00248. The van der Waals surface area contributed by atoms with E-state index in [0.29, 0.717) is 6.42 Å². The van der Waals surface area contributed by atoms with Crippen LogP contribution in [0.3, 0.4) is 0 Å². The first-order valence-electron chi connectivity index (χ1n) is 8.60. The molecule has 0 aliphatic heterocycles. The molecule has 0 aliphatic rings. The van der Waals surface area contributed by atoms with E-state index >= 15 is 0 Å². The average molecular weight is 374 g/mol. The van der Waals surface area contributed by atoms with Crippen molar-refractivity contribution >= 4 is 10.0 Å². The van der Waals surface area contributed by atoms with Crippen LogP contribution in [0.15, 0.2) is 65.6 Å². The molecule has 1 N–H and O–H groups in total. The number of aryl methyl sites for hydroxylation is 1. The van der Waals surface area contributed by atoms with Crippen LogP contribution in [0.1, 0.15) is 25.0 Å². The van der Waals surface area contributed by atoms with Gasteiger partial charge in [0.25, 0.3) is 0 Å². The first-order chi connectivity index (χ1) is 12.2. The van der Waals surface area contributed by atoms with Crippen LogP contribution in [-0.2, 0) is 16.4 Å². The van der Waals surface area contributed by atoms with E-state index in [9.17, 15) is 8.42 Å². The van der Waals surface area contributed by atoms with Crippen LogP contribution in [0.4, 0.5) is 0 Å². The second-order valence-corrected chi connectivity index (χ2v) is 8.44. The molecule has 0 saturated heterocycles. The number of sulfonamides is 1. The second-order valence-electron chi connectivity index (χ2n) is 6.73. The summed E-state index contributed by atoms with van der Waals surface area (Å²) in [6, 6.07) is 14.3. The van der Waals surface area contributed by atoms with Gasteiger partial charge >= 0.3 is 0 Å². The minimum atomic E-state index is -3.60. The Morgan fingerprint density at radius 3 is 2.19 bits per heavy atom. The van der Waals surface area contributed by atoms with Crippen molar-refractivity contribution in [1.29, 1.82) is 0 Å². The summed E-state index contributed by atoms with van der Waals surface area (Å²) in [5.74, 6) is 0.774. The Balaban J connectivity index is 2.26. The third-order valence-electron chi connectivity index (χ3n) is 4.63. The Morgan fingerprint density at radius 1 is 1.12 bits per heavy atom. The summed E-state index contributed by atoms with van der Waals surface area (Å²) in [7, 11) is -1.98. The highest BCUT2D eigenvalue weighted by molar-refractivity contribution is 7.89.